The lowest BCUT2D eigenvalue weighted by Crippen LogP contribution is -2.15. The zero-order chi connectivity index (χ0) is 12.5. The molecule has 1 fully saturated rings. The molecule has 1 aromatic carbocycles. The first-order chi connectivity index (χ1) is 7.94. The minimum atomic E-state index is -2.49. The molecule has 0 aromatic heterocycles. The first-order valence-corrected chi connectivity index (χ1v) is 6.28. The number of nitrogens with one attached hydrogen (secondary N) is 1. The Morgan fingerprint density at radius 2 is 1.88 bits per heavy atom. The summed E-state index contributed by atoms with van der Waals surface area (Å²) in [5.74, 6) is -2.47. The fourth-order valence-electron chi connectivity index (χ4n) is 2.13. The summed E-state index contributed by atoms with van der Waals surface area (Å²) in [6, 6.07) is 5.11. The molecule has 1 atom stereocenters. The second-order valence-corrected chi connectivity index (χ2v) is 5.38. The van der Waals surface area contributed by atoms with Gasteiger partial charge in [-0.25, -0.2) is 8.78 Å². The quantitative estimate of drug-likeness (QED) is 0.835. The van der Waals surface area contributed by atoms with Gasteiger partial charge in [0.25, 0.3) is 0 Å². The summed E-state index contributed by atoms with van der Waals surface area (Å²) >= 11 is 11.7. The third kappa shape index (κ3) is 3.71. The van der Waals surface area contributed by atoms with Crippen molar-refractivity contribution in [3.8, 4) is 0 Å². The van der Waals surface area contributed by atoms with E-state index in [1.54, 1.807) is 18.2 Å². The highest BCUT2D eigenvalue weighted by molar-refractivity contribution is 6.35. The molecular weight excluding hydrogens is 267 g/mol. The Balaban J connectivity index is 1.90. The van der Waals surface area contributed by atoms with E-state index >= 15 is 0 Å². The molecule has 0 aliphatic heterocycles. The maximum absolute atomic E-state index is 13.0. The Kier molecular flexibility index (Phi) is 3.79. The Hall–Kier alpha value is -0.540. The molecule has 1 N–H and O–H groups in total. The van der Waals surface area contributed by atoms with Gasteiger partial charge in [-0.3, -0.25) is 0 Å². The maximum atomic E-state index is 13.0. The van der Waals surface area contributed by atoms with Gasteiger partial charge >= 0.3 is 0 Å². The van der Waals surface area contributed by atoms with Crippen LogP contribution in [0.3, 0.4) is 0 Å². The third-order valence-corrected chi connectivity index (χ3v) is 3.40. The zero-order valence-electron chi connectivity index (χ0n) is 9.15. The van der Waals surface area contributed by atoms with Crippen molar-refractivity contribution in [2.45, 2.75) is 25.2 Å². The van der Waals surface area contributed by atoms with Crippen LogP contribution in [0, 0.1) is 5.92 Å². The van der Waals surface area contributed by atoms with E-state index in [-0.39, 0.29) is 18.8 Å². The summed E-state index contributed by atoms with van der Waals surface area (Å²) in [4.78, 5) is 0. The predicted octanol–water partition coefficient (Wildman–Crippen LogP) is 4.84. The van der Waals surface area contributed by atoms with Crippen molar-refractivity contribution in [1.82, 2.24) is 0 Å². The van der Waals surface area contributed by atoms with Crippen molar-refractivity contribution < 1.29 is 8.78 Å². The zero-order valence-corrected chi connectivity index (χ0v) is 10.7. The van der Waals surface area contributed by atoms with Crippen molar-refractivity contribution in [2.75, 3.05) is 11.9 Å². The molecule has 94 valence electrons. The van der Waals surface area contributed by atoms with Gasteiger partial charge in [-0.2, -0.15) is 0 Å². The van der Waals surface area contributed by atoms with Crippen molar-refractivity contribution in [2.24, 2.45) is 5.92 Å². The van der Waals surface area contributed by atoms with Gasteiger partial charge in [0.05, 0.1) is 0 Å². The Morgan fingerprint density at radius 3 is 2.41 bits per heavy atom. The van der Waals surface area contributed by atoms with Crippen LogP contribution in [0.5, 0.6) is 0 Å². The van der Waals surface area contributed by atoms with Crippen LogP contribution in [-0.4, -0.2) is 12.5 Å². The highest BCUT2D eigenvalue weighted by Gasteiger charge is 2.38. The summed E-state index contributed by atoms with van der Waals surface area (Å²) < 4.78 is 26.0. The van der Waals surface area contributed by atoms with Crippen LogP contribution in [0.2, 0.25) is 10.0 Å². The molecule has 1 aromatic rings. The summed E-state index contributed by atoms with van der Waals surface area (Å²) in [6.45, 7) is 0.534. The lowest BCUT2D eigenvalue weighted by atomic mass is 10.1. The number of hydrogen-bond donors (Lipinski definition) is 1. The van der Waals surface area contributed by atoms with E-state index in [1.807, 2.05) is 0 Å². The van der Waals surface area contributed by atoms with Gasteiger partial charge in [-0.15, -0.1) is 0 Å². The van der Waals surface area contributed by atoms with Crippen LogP contribution in [-0.2, 0) is 0 Å². The van der Waals surface area contributed by atoms with Crippen molar-refractivity contribution in [3.05, 3.63) is 28.2 Å². The minimum absolute atomic E-state index is 0.00432. The van der Waals surface area contributed by atoms with Crippen LogP contribution < -0.4 is 5.32 Å². The van der Waals surface area contributed by atoms with Gasteiger partial charge in [0, 0.05) is 35.1 Å². The molecule has 1 unspecified atom stereocenters. The first kappa shape index (κ1) is 12.9. The first-order valence-electron chi connectivity index (χ1n) is 5.52. The van der Waals surface area contributed by atoms with Crippen molar-refractivity contribution in [3.63, 3.8) is 0 Å². The van der Waals surface area contributed by atoms with E-state index in [2.05, 4.69) is 5.32 Å². The number of halogens is 4. The highest BCUT2D eigenvalue weighted by Crippen LogP contribution is 2.38. The van der Waals surface area contributed by atoms with Gasteiger partial charge in [-0.1, -0.05) is 23.2 Å². The van der Waals surface area contributed by atoms with E-state index in [9.17, 15) is 8.78 Å². The topological polar surface area (TPSA) is 12.0 Å². The molecule has 17 heavy (non-hydrogen) atoms. The van der Waals surface area contributed by atoms with Crippen molar-refractivity contribution >= 4 is 28.9 Å². The SMILES string of the molecule is FC1(F)CCC(CNc2cc(Cl)cc(Cl)c2)C1. The molecule has 1 saturated carbocycles. The monoisotopic (exact) mass is 279 g/mol. The number of rotatable bonds is 3. The second-order valence-electron chi connectivity index (χ2n) is 4.50. The lowest BCUT2D eigenvalue weighted by Gasteiger charge is -2.13. The van der Waals surface area contributed by atoms with Crippen molar-refractivity contribution in [1.29, 1.82) is 0 Å². The van der Waals surface area contributed by atoms with E-state index < -0.39 is 5.92 Å². The lowest BCUT2D eigenvalue weighted by molar-refractivity contribution is 0.00556. The van der Waals surface area contributed by atoms with Crippen LogP contribution in [0.15, 0.2) is 18.2 Å². The summed E-state index contributed by atoms with van der Waals surface area (Å²) in [6.07, 6.45) is 0.526. The largest absolute Gasteiger partial charge is 0.385 e. The van der Waals surface area contributed by atoms with Gasteiger partial charge in [0.2, 0.25) is 5.92 Å². The Morgan fingerprint density at radius 1 is 1.24 bits per heavy atom. The highest BCUT2D eigenvalue weighted by atomic mass is 35.5. The smallest absolute Gasteiger partial charge is 0.248 e. The van der Waals surface area contributed by atoms with Crippen LogP contribution in [0.1, 0.15) is 19.3 Å². The number of anilines is 1. The standard InChI is InChI=1S/C12H13Cl2F2N/c13-9-3-10(14)5-11(4-9)17-7-8-1-2-12(15,16)6-8/h3-5,8,17H,1-2,6-7H2. The van der Waals surface area contributed by atoms with E-state index in [0.29, 0.717) is 23.0 Å². The summed E-state index contributed by atoms with van der Waals surface area (Å²) in [5, 5.41) is 4.18. The molecule has 1 aliphatic carbocycles. The van der Waals surface area contributed by atoms with Crippen LogP contribution in [0.25, 0.3) is 0 Å². The number of alkyl halides is 2. The molecular formula is C12H13Cl2F2N. The van der Waals surface area contributed by atoms with Crippen LogP contribution >= 0.6 is 23.2 Å². The molecule has 5 heteroatoms. The normalized spacial score (nSPS) is 22.7. The number of hydrogen-bond acceptors (Lipinski definition) is 1. The maximum Gasteiger partial charge on any atom is 0.248 e. The van der Waals surface area contributed by atoms with E-state index in [1.165, 1.54) is 0 Å². The average molecular weight is 280 g/mol. The summed E-state index contributed by atoms with van der Waals surface area (Å²) in [7, 11) is 0. The fraction of sp³-hybridized carbons (Fsp3) is 0.500. The number of benzene rings is 1. The molecule has 1 aliphatic rings. The average Bonchev–Trinajstić information content (AvgIpc) is 2.54. The third-order valence-electron chi connectivity index (χ3n) is 2.96. The molecule has 0 heterocycles. The molecule has 0 saturated heterocycles. The molecule has 0 spiro atoms. The second kappa shape index (κ2) is 4.99. The van der Waals surface area contributed by atoms with E-state index in [0.717, 1.165) is 5.69 Å². The predicted molar refractivity (Wildman–Crippen MR) is 67.2 cm³/mol. The van der Waals surface area contributed by atoms with Gasteiger partial charge in [0.15, 0.2) is 0 Å². The van der Waals surface area contributed by atoms with Crippen LogP contribution in [0.4, 0.5) is 14.5 Å². The Bertz CT molecular complexity index is 389. The van der Waals surface area contributed by atoms with Gasteiger partial charge in [-0.05, 0) is 30.5 Å². The molecule has 0 bridgehead atoms. The van der Waals surface area contributed by atoms with Gasteiger partial charge < -0.3 is 5.32 Å². The molecule has 0 radical (unpaired) electrons. The molecule has 0 amide bonds. The van der Waals surface area contributed by atoms with Gasteiger partial charge in [0.1, 0.15) is 0 Å². The van der Waals surface area contributed by atoms with E-state index in [4.69, 9.17) is 23.2 Å². The fourth-order valence-corrected chi connectivity index (χ4v) is 2.66. The molecule has 1 nitrogen and oxygen atoms in total. The minimum Gasteiger partial charge on any atom is -0.385 e. The molecule has 2 rings (SSSR count). The summed E-state index contributed by atoms with van der Waals surface area (Å²) in [5.41, 5.74) is 0.776. The Labute approximate surface area is 109 Å².